The molecular weight excluding hydrogens is 263 g/mol. The van der Waals surface area contributed by atoms with E-state index < -0.39 is 12.8 Å². The molecule has 6 heteroatoms. The Hall–Kier alpha value is -1.40. The molecule has 0 amide bonds. The Morgan fingerprint density at radius 3 is 2.56 bits per heavy atom. The van der Waals surface area contributed by atoms with Crippen LogP contribution in [0.1, 0.15) is 5.01 Å². The van der Waals surface area contributed by atoms with Crippen LogP contribution in [0.5, 0.6) is 0 Å². The third-order valence-corrected chi connectivity index (χ3v) is 2.93. The van der Waals surface area contributed by atoms with Gasteiger partial charge in [-0.05, 0) is 0 Å². The van der Waals surface area contributed by atoms with Crippen LogP contribution in [0.4, 0.5) is 13.2 Å². The number of hydrogen-bond acceptors (Lipinski definition) is 3. The predicted molar refractivity (Wildman–Crippen MR) is 63.3 cm³/mol. The van der Waals surface area contributed by atoms with Gasteiger partial charge in [-0.15, -0.1) is 11.3 Å². The van der Waals surface area contributed by atoms with Crippen LogP contribution in [-0.2, 0) is 11.3 Å². The van der Waals surface area contributed by atoms with Gasteiger partial charge in [-0.2, -0.15) is 13.2 Å². The second-order valence-electron chi connectivity index (χ2n) is 3.60. The van der Waals surface area contributed by atoms with Crippen LogP contribution in [0.15, 0.2) is 35.7 Å². The Morgan fingerprint density at radius 1 is 1.17 bits per heavy atom. The Bertz CT molecular complexity index is 496. The summed E-state index contributed by atoms with van der Waals surface area (Å²) in [7, 11) is 0. The number of alkyl halides is 3. The molecule has 1 aromatic carbocycles. The quantitative estimate of drug-likeness (QED) is 0.843. The van der Waals surface area contributed by atoms with Crippen LogP contribution < -0.4 is 0 Å². The highest BCUT2D eigenvalue weighted by Crippen LogP contribution is 2.22. The highest BCUT2D eigenvalue weighted by Gasteiger charge is 2.27. The molecule has 0 fully saturated rings. The molecule has 18 heavy (non-hydrogen) atoms. The molecule has 1 heterocycles. The van der Waals surface area contributed by atoms with Crippen molar-refractivity contribution in [1.82, 2.24) is 4.98 Å². The maximum Gasteiger partial charge on any atom is 0.411 e. The molecule has 1 aromatic heterocycles. The van der Waals surface area contributed by atoms with Gasteiger partial charge >= 0.3 is 6.18 Å². The number of rotatable bonds is 4. The van der Waals surface area contributed by atoms with Gasteiger partial charge in [0.15, 0.2) is 0 Å². The normalized spacial score (nSPS) is 11.7. The van der Waals surface area contributed by atoms with Crippen LogP contribution in [0.2, 0.25) is 0 Å². The van der Waals surface area contributed by atoms with E-state index in [0.29, 0.717) is 5.01 Å². The summed E-state index contributed by atoms with van der Waals surface area (Å²) in [6.07, 6.45) is -4.29. The van der Waals surface area contributed by atoms with Crippen molar-refractivity contribution in [3.8, 4) is 11.3 Å². The first-order valence-electron chi connectivity index (χ1n) is 5.19. The van der Waals surface area contributed by atoms with Gasteiger partial charge < -0.3 is 4.74 Å². The fraction of sp³-hybridized carbons (Fsp3) is 0.250. The predicted octanol–water partition coefficient (Wildman–Crippen LogP) is 3.89. The van der Waals surface area contributed by atoms with Gasteiger partial charge in [-0.1, -0.05) is 30.3 Å². The fourth-order valence-corrected chi connectivity index (χ4v) is 2.11. The highest BCUT2D eigenvalue weighted by atomic mass is 32.1. The first-order valence-corrected chi connectivity index (χ1v) is 6.07. The standard InChI is InChI=1S/C12H10F3NOS/c13-12(14,15)8-17-6-11-16-10(7-18-11)9-4-2-1-3-5-9/h1-5,7H,6,8H2. The minimum atomic E-state index is -4.29. The Labute approximate surface area is 106 Å². The van der Waals surface area contributed by atoms with Crippen molar-refractivity contribution >= 4 is 11.3 Å². The minimum absolute atomic E-state index is 0.114. The number of hydrogen-bond donors (Lipinski definition) is 0. The van der Waals surface area contributed by atoms with E-state index in [-0.39, 0.29) is 6.61 Å². The van der Waals surface area contributed by atoms with Crippen molar-refractivity contribution in [2.75, 3.05) is 6.61 Å². The van der Waals surface area contributed by atoms with E-state index in [1.54, 1.807) is 0 Å². The molecule has 0 saturated carbocycles. The van der Waals surface area contributed by atoms with Crippen LogP contribution in [0.25, 0.3) is 11.3 Å². The van der Waals surface area contributed by atoms with Crippen molar-refractivity contribution in [2.24, 2.45) is 0 Å². The average Bonchev–Trinajstić information content (AvgIpc) is 2.77. The van der Waals surface area contributed by atoms with Gasteiger partial charge in [0.25, 0.3) is 0 Å². The Kier molecular flexibility index (Phi) is 3.98. The molecule has 0 bridgehead atoms. The van der Waals surface area contributed by atoms with Gasteiger partial charge in [0.2, 0.25) is 0 Å². The lowest BCUT2D eigenvalue weighted by atomic mass is 10.2. The molecule has 96 valence electrons. The van der Waals surface area contributed by atoms with E-state index in [0.717, 1.165) is 11.3 Å². The number of benzene rings is 1. The van der Waals surface area contributed by atoms with Crippen LogP contribution >= 0.6 is 11.3 Å². The molecule has 0 aliphatic heterocycles. The van der Waals surface area contributed by atoms with Crippen LogP contribution in [-0.4, -0.2) is 17.8 Å². The largest absolute Gasteiger partial charge is 0.411 e. The number of aromatic nitrogens is 1. The molecule has 0 N–H and O–H groups in total. The molecule has 0 spiro atoms. The van der Waals surface area contributed by atoms with Gasteiger partial charge in [-0.3, -0.25) is 0 Å². The summed E-state index contributed by atoms with van der Waals surface area (Å²) in [5, 5.41) is 2.35. The van der Waals surface area contributed by atoms with Gasteiger partial charge in [0, 0.05) is 10.9 Å². The zero-order valence-corrected chi connectivity index (χ0v) is 10.1. The van der Waals surface area contributed by atoms with Crippen molar-refractivity contribution in [1.29, 1.82) is 0 Å². The monoisotopic (exact) mass is 273 g/mol. The zero-order chi connectivity index (χ0) is 13.0. The Morgan fingerprint density at radius 2 is 1.89 bits per heavy atom. The zero-order valence-electron chi connectivity index (χ0n) is 9.28. The van der Waals surface area contributed by atoms with E-state index in [1.807, 2.05) is 35.7 Å². The second kappa shape index (κ2) is 5.49. The smallest absolute Gasteiger partial charge is 0.365 e. The lowest BCUT2D eigenvalue weighted by Crippen LogP contribution is -2.16. The van der Waals surface area contributed by atoms with E-state index in [9.17, 15) is 13.2 Å². The van der Waals surface area contributed by atoms with Crippen LogP contribution in [0, 0.1) is 0 Å². The molecule has 2 rings (SSSR count). The molecule has 0 aliphatic carbocycles. The fourth-order valence-electron chi connectivity index (χ4n) is 1.37. The minimum Gasteiger partial charge on any atom is -0.365 e. The summed E-state index contributed by atoms with van der Waals surface area (Å²) in [5.74, 6) is 0. The number of halogens is 3. The second-order valence-corrected chi connectivity index (χ2v) is 4.54. The maximum atomic E-state index is 11.9. The summed E-state index contributed by atoms with van der Waals surface area (Å²) in [6, 6.07) is 9.46. The van der Waals surface area contributed by atoms with E-state index >= 15 is 0 Å². The Balaban J connectivity index is 1.95. The maximum absolute atomic E-state index is 11.9. The number of thiazole rings is 1. The van der Waals surface area contributed by atoms with Crippen molar-refractivity contribution in [3.63, 3.8) is 0 Å². The van der Waals surface area contributed by atoms with E-state index in [4.69, 9.17) is 0 Å². The summed E-state index contributed by atoms with van der Waals surface area (Å²) < 4.78 is 40.2. The molecule has 0 aliphatic rings. The summed E-state index contributed by atoms with van der Waals surface area (Å²) in [5.41, 5.74) is 1.70. The van der Waals surface area contributed by atoms with Gasteiger partial charge in [0.05, 0.1) is 12.3 Å². The molecule has 0 radical (unpaired) electrons. The highest BCUT2D eigenvalue weighted by molar-refractivity contribution is 7.09. The van der Waals surface area contributed by atoms with Crippen molar-refractivity contribution in [3.05, 3.63) is 40.7 Å². The topological polar surface area (TPSA) is 22.1 Å². The summed E-state index contributed by atoms with van der Waals surface area (Å²) in [6.45, 7) is -1.36. The number of nitrogens with zero attached hydrogens (tertiary/aromatic N) is 1. The lowest BCUT2D eigenvalue weighted by molar-refractivity contribution is -0.176. The van der Waals surface area contributed by atoms with E-state index in [1.165, 1.54) is 11.3 Å². The van der Waals surface area contributed by atoms with Crippen molar-refractivity contribution in [2.45, 2.75) is 12.8 Å². The SMILES string of the molecule is FC(F)(F)COCc1nc(-c2ccccc2)cs1. The summed E-state index contributed by atoms with van der Waals surface area (Å²) in [4.78, 5) is 4.23. The lowest BCUT2D eigenvalue weighted by Gasteiger charge is -2.05. The first-order chi connectivity index (χ1) is 8.54. The average molecular weight is 273 g/mol. The van der Waals surface area contributed by atoms with Crippen LogP contribution in [0.3, 0.4) is 0 Å². The first kappa shape index (κ1) is 13.0. The molecule has 0 unspecified atom stereocenters. The van der Waals surface area contributed by atoms with Gasteiger partial charge in [-0.25, -0.2) is 4.98 Å². The molecule has 0 atom stereocenters. The third-order valence-electron chi connectivity index (χ3n) is 2.11. The summed E-state index contributed by atoms with van der Waals surface area (Å²) >= 11 is 1.29. The molecular formula is C12H10F3NOS. The van der Waals surface area contributed by atoms with E-state index in [2.05, 4.69) is 9.72 Å². The number of ether oxygens (including phenoxy) is 1. The molecule has 0 saturated heterocycles. The van der Waals surface area contributed by atoms with Gasteiger partial charge in [0.1, 0.15) is 11.6 Å². The molecule has 2 nitrogen and oxygen atoms in total. The molecule has 2 aromatic rings. The third kappa shape index (κ3) is 3.82. The van der Waals surface area contributed by atoms with Crippen molar-refractivity contribution < 1.29 is 17.9 Å².